The van der Waals surface area contributed by atoms with E-state index in [0.29, 0.717) is 23.3 Å². The highest BCUT2D eigenvalue weighted by Crippen LogP contribution is 2.60. The Morgan fingerprint density at radius 3 is 2.33 bits per heavy atom. The van der Waals surface area contributed by atoms with Gasteiger partial charge in [0.2, 0.25) is 11.8 Å². The summed E-state index contributed by atoms with van der Waals surface area (Å²) in [4.78, 5) is 13.4. The molecule has 30 heavy (non-hydrogen) atoms. The standard InChI is InChI=1S/C22H27N3O4S/c1-13(2)30(27,28)18-5-3-4-17(9-18)19-24-25-21(29-19)23-20(26)22-10-14-6-15(11-22)8-16(7-14)12-22/h3-5,9,13-16H,6-8,10-12H2,1-2H3,(H,23,25,26). The van der Waals surface area contributed by atoms with E-state index in [0.717, 1.165) is 19.3 Å². The zero-order valence-electron chi connectivity index (χ0n) is 17.3. The highest BCUT2D eigenvalue weighted by molar-refractivity contribution is 7.92. The Hall–Kier alpha value is -2.22. The van der Waals surface area contributed by atoms with Gasteiger partial charge in [-0.15, -0.1) is 5.10 Å². The average molecular weight is 430 g/mol. The molecule has 1 aromatic heterocycles. The Morgan fingerprint density at radius 2 is 1.73 bits per heavy atom. The van der Waals surface area contributed by atoms with E-state index in [2.05, 4.69) is 15.5 Å². The Morgan fingerprint density at radius 1 is 1.10 bits per heavy atom. The number of carbonyl (C=O) groups excluding carboxylic acids is 1. The Kier molecular flexibility index (Phi) is 4.54. The third-order valence-corrected chi connectivity index (χ3v) is 9.35. The van der Waals surface area contributed by atoms with E-state index in [-0.39, 0.29) is 28.1 Å². The number of nitrogens with zero attached hydrogens (tertiary/aromatic N) is 2. The highest BCUT2D eigenvalue weighted by Gasteiger charge is 2.54. The molecule has 1 aromatic carbocycles. The maximum Gasteiger partial charge on any atom is 0.322 e. The van der Waals surface area contributed by atoms with E-state index in [4.69, 9.17) is 4.42 Å². The molecule has 0 saturated heterocycles. The number of carbonyl (C=O) groups is 1. The summed E-state index contributed by atoms with van der Waals surface area (Å²) in [7, 11) is -3.41. The maximum absolute atomic E-state index is 13.2. The Bertz CT molecular complexity index is 1050. The van der Waals surface area contributed by atoms with Crippen LogP contribution >= 0.6 is 0 Å². The van der Waals surface area contributed by atoms with Crippen molar-refractivity contribution in [2.24, 2.45) is 23.2 Å². The molecule has 160 valence electrons. The predicted octanol–water partition coefficient (Wildman–Crippen LogP) is 4.07. The average Bonchev–Trinajstić information content (AvgIpc) is 3.15. The van der Waals surface area contributed by atoms with Gasteiger partial charge in [-0.25, -0.2) is 8.42 Å². The van der Waals surface area contributed by atoms with E-state index in [1.54, 1.807) is 32.0 Å². The van der Waals surface area contributed by atoms with Crippen molar-refractivity contribution < 1.29 is 17.6 Å². The number of hydrogen-bond acceptors (Lipinski definition) is 6. The van der Waals surface area contributed by atoms with Crippen LogP contribution in [0.5, 0.6) is 0 Å². The van der Waals surface area contributed by atoms with E-state index in [1.165, 1.54) is 25.3 Å². The second-order valence-corrected chi connectivity index (χ2v) is 12.2. The summed E-state index contributed by atoms with van der Waals surface area (Å²) in [6.07, 6.45) is 6.69. The van der Waals surface area contributed by atoms with Gasteiger partial charge in [0.15, 0.2) is 9.84 Å². The SMILES string of the molecule is CC(C)S(=O)(=O)c1cccc(-c2nnc(NC(=O)C34CC5CC(CC(C5)C3)C4)o2)c1. The molecule has 4 saturated carbocycles. The van der Waals surface area contributed by atoms with E-state index >= 15 is 0 Å². The lowest BCUT2D eigenvalue weighted by atomic mass is 9.49. The third-order valence-electron chi connectivity index (χ3n) is 7.20. The van der Waals surface area contributed by atoms with Crippen LogP contribution in [-0.2, 0) is 14.6 Å². The third kappa shape index (κ3) is 3.25. The van der Waals surface area contributed by atoms with Gasteiger partial charge in [-0.05, 0) is 88.3 Å². The highest BCUT2D eigenvalue weighted by atomic mass is 32.2. The molecule has 1 heterocycles. The first kappa shape index (κ1) is 19.7. The van der Waals surface area contributed by atoms with Crippen molar-refractivity contribution in [2.45, 2.75) is 62.5 Å². The first-order valence-electron chi connectivity index (χ1n) is 10.7. The molecule has 1 N–H and O–H groups in total. The van der Waals surface area contributed by atoms with Gasteiger partial charge in [0.05, 0.1) is 15.6 Å². The Balaban J connectivity index is 1.35. The lowest BCUT2D eigenvalue weighted by Crippen LogP contribution is -2.51. The van der Waals surface area contributed by atoms with Gasteiger partial charge >= 0.3 is 6.01 Å². The lowest BCUT2D eigenvalue weighted by molar-refractivity contribution is -0.140. The number of anilines is 1. The van der Waals surface area contributed by atoms with Crippen LogP contribution in [0.15, 0.2) is 33.6 Å². The summed E-state index contributed by atoms with van der Waals surface area (Å²) in [5.41, 5.74) is 0.216. The fourth-order valence-corrected chi connectivity index (χ4v) is 7.19. The van der Waals surface area contributed by atoms with Crippen LogP contribution in [0, 0.1) is 23.2 Å². The summed E-state index contributed by atoms with van der Waals surface area (Å²) in [5, 5.41) is 10.3. The fourth-order valence-electron chi connectivity index (χ4n) is 6.09. The summed E-state index contributed by atoms with van der Waals surface area (Å²) in [6.45, 7) is 3.29. The van der Waals surface area contributed by atoms with Crippen molar-refractivity contribution in [3.05, 3.63) is 24.3 Å². The fraction of sp³-hybridized carbons (Fsp3) is 0.591. The van der Waals surface area contributed by atoms with Gasteiger partial charge in [0.1, 0.15) is 0 Å². The predicted molar refractivity (Wildman–Crippen MR) is 111 cm³/mol. The van der Waals surface area contributed by atoms with E-state index < -0.39 is 15.1 Å². The van der Waals surface area contributed by atoms with Gasteiger partial charge in [-0.2, -0.15) is 0 Å². The van der Waals surface area contributed by atoms with Crippen LogP contribution in [0.2, 0.25) is 0 Å². The summed E-state index contributed by atoms with van der Waals surface area (Å²) in [6, 6.07) is 6.54. The number of amides is 1. The molecule has 0 atom stereocenters. The zero-order valence-corrected chi connectivity index (χ0v) is 18.1. The molecular formula is C22H27N3O4S. The second-order valence-electron chi connectivity index (χ2n) is 9.69. The summed E-state index contributed by atoms with van der Waals surface area (Å²) in [5.74, 6) is 2.20. The van der Waals surface area contributed by atoms with Crippen LogP contribution < -0.4 is 5.32 Å². The molecule has 6 rings (SSSR count). The van der Waals surface area contributed by atoms with Crippen LogP contribution in [0.1, 0.15) is 52.4 Å². The van der Waals surface area contributed by atoms with Crippen molar-refractivity contribution in [1.29, 1.82) is 0 Å². The topological polar surface area (TPSA) is 102 Å². The van der Waals surface area contributed by atoms with E-state index in [1.807, 2.05) is 0 Å². The van der Waals surface area contributed by atoms with Gasteiger partial charge in [-0.1, -0.05) is 11.2 Å². The number of aromatic nitrogens is 2. The van der Waals surface area contributed by atoms with Crippen molar-refractivity contribution in [3.63, 3.8) is 0 Å². The van der Waals surface area contributed by atoms with Crippen LogP contribution in [0.4, 0.5) is 6.01 Å². The number of nitrogens with one attached hydrogen (secondary N) is 1. The number of hydrogen-bond donors (Lipinski definition) is 1. The van der Waals surface area contributed by atoms with Crippen molar-refractivity contribution in [1.82, 2.24) is 10.2 Å². The zero-order chi connectivity index (χ0) is 21.1. The molecule has 0 unspecified atom stereocenters. The molecule has 0 aliphatic heterocycles. The summed E-state index contributed by atoms with van der Waals surface area (Å²) < 4.78 is 30.6. The molecule has 1 amide bonds. The smallest absolute Gasteiger partial charge is 0.322 e. The molecule has 4 aliphatic rings. The van der Waals surface area contributed by atoms with E-state index in [9.17, 15) is 13.2 Å². The summed E-state index contributed by atoms with van der Waals surface area (Å²) >= 11 is 0. The number of rotatable bonds is 5. The molecule has 0 spiro atoms. The van der Waals surface area contributed by atoms with Crippen LogP contribution in [0.25, 0.3) is 11.5 Å². The van der Waals surface area contributed by atoms with Gasteiger partial charge in [-0.3, -0.25) is 10.1 Å². The minimum Gasteiger partial charge on any atom is -0.403 e. The first-order valence-corrected chi connectivity index (χ1v) is 12.3. The molecule has 8 heteroatoms. The largest absolute Gasteiger partial charge is 0.403 e. The van der Waals surface area contributed by atoms with Crippen molar-refractivity contribution >= 4 is 21.8 Å². The minimum atomic E-state index is -3.41. The molecule has 4 aliphatic carbocycles. The van der Waals surface area contributed by atoms with Crippen molar-refractivity contribution in [3.8, 4) is 11.5 Å². The molecule has 2 aromatic rings. The quantitative estimate of drug-likeness (QED) is 0.768. The van der Waals surface area contributed by atoms with Gasteiger partial charge in [0, 0.05) is 5.56 Å². The van der Waals surface area contributed by atoms with Gasteiger partial charge in [0.25, 0.3) is 0 Å². The number of sulfone groups is 1. The van der Waals surface area contributed by atoms with Gasteiger partial charge < -0.3 is 4.42 Å². The number of benzene rings is 1. The Labute approximate surface area is 176 Å². The second kappa shape index (κ2) is 6.90. The van der Waals surface area contributed by atoms with Crippen LogP contribution in [0.3, 0.4) is 0 Å². The molecule has 4 bridgehead atoms. The first-order chi connectivity index (χ1) is 14.2. The maximum atomic E-state index is 13.2. The van der Waals surface area contributed by atoms with Crippen molar-refractivity contribution in [2.75, 3.05) is 5.32 Å². The monoisotopic (exact) mass is 429 g/mol. The molecule has 0 radical (unpaired) electrons. The molecular weight excluding hydrogens is 402 g/mol. The van der Waals surface area contributed by atoms with Crippen LogP contribution in [-0.4, -0.2) is 29.8 Å². The normalized spacial score (nSPS) is 30.0. The molecule has 7 nitrogen and oxygen atoms in total. The lowest BCUT2D eigenvalue weighted by Gasteiger charge is -2.55. The minimum absolute atomic E-state index is 0.00654. The molecule has 4 fully saturated rings.